The summed E-state index contributed by atoms with van der Waals surface area (Å²) in [7, 11) is 1.45. The molecule has 0 aromatic heterocycles. The average molecular weight is 248 g/mol. The van der Waals surface area contributed by atoms with Crippen LogP contribution in [-0.2, 0) is 9.53 Å². The molecular weight excluding hydrogens is 228 g/mol. The van der Waals surface area contributed by atoms with E-state index in [9.17, 15) is 4.79 Å². The van der Waals surface area contributed by atoms with Crippen molar-refractivity contribution in [1.29, 1.82) is 0 Å². The molecule has 1 saturated heterocycles. The molecule has 1 aliphatic heterocycles. The standard InChI is InChI=1S/C14H20N2O2/c1-18-14(17)10-11-6-8-16(9-7-11)13-4-2-12(15)3-5-13/h2-5,11H,6-10,15H2,1H3. The van der Waals surface area contributed by atoms with E-state index in [1.165, 1.54) is 12.8 Å². The molecule has 1 aromatic rings. The lowest BCUT2D eigenvalue weighted by atomic mass is 9.93. The third-order valence-corrected chi connectivity index (χ3v) is 3.56. The predicted molar refractivity (Wildman–Crippen MR) is 72.4 cm³/mol. The minimum absolute atomic E-state index is 0.0964. The van der Waals surface area contributed by atoms with Crippen molar-refractivity contribution in [2.75, 3.05) is 30.8 Å². The Labute approximate surface area is 108 Å². The van der Waals surface area contributed by atoms with Gasteiger partial charge in [0.05, 0.1) is 7.11 Å². The van der Waals surface area contributed by atoms with Crippen LogP contribution < -0.4 is 10.6 Å². The number of carbonyl (C=O) groups excluding carboxylic acids is 1. The van der Waals surface area contributed by atoms with Crippen LogP contribution in [0, 0.1) is 5.92 Å². The van der Waals surface area contributed by atoms with Gasteiger partial charge in [-0.2, -0.15) is 0 Å². The highest BCUT2D eigenvalue weighted by Crippen LogP contribution is 2.25. The van der Waals surface area contributed by atoms with Crippen molar-refractivity contribution in [2.45, 2.75) is 19.3 Å². The number of nitrogens with zero attached hydrogens (tertiary/aromatic N) is 1. The molecule has 4 nitrogen and oxygen atoms in total. The maximum atomic E-state index is 11.2. The van der Waals surface area contributed by atoms with Crippen LogP contribution in [0.25, 0.3) is 0 Å². The molecule has 4 heteroatoms. The van der Waals surface area contributed by atoms with Crippen molar-refractivity contribution in [2.24, 2.45) is 5.92 Å². The lowest BCUT2D eigenvalue weighted by molar-refractivity contribution is -0.141. The summed E-state index contributed by atoms with van der Waals surface area (Å²) >= 11 is 0. The molecule has 0 radical (unpaired) electrons. The van der Waals surface area contributed by atoms with Crippen molar-refractivity contribution >= 4 is 17.3 Å². The topological polar surface area (TPSA) is 55.6 Å². The largest absolute Gasteiger partial charge is 0.469 e. The average Bonchev–Trinajstić information content (AvgIpc) is 2.40. The number of nitrogen functional groups attached to an aromatic ring is 1. The Morgan fingerprint density at radius 1 is 1.33 bits per heavy atom. The minimum Gasteiger partial charge on any atom is -0.469 e. The Morgan fingerprint density at radius 3 is 2.50 bits per heavy atom. The first-order chi connectivity index (χ1) is 8.69. The van der Waals surface area contributed by atoms with E-state index >= 15 is 0 Å². The molecule has 1 aliphatic rings. The Bertz CT molecular complexity index is 395. The molecule has 0 unspecified atom stereocenters. The lowest BCUT2D eigenvalue weighted by Gasteiger charge is -2.33. The maximum absolute atomic E-state index is 11.2. The van der Waals surface area contributed by atoms with Crippen molar-refractivity contribution < 1.29 is 9.53 Å². The van der Waals surface area contributed by atoms with E-state index in [0.29, 0.717) is 12.3 Å². The van der Waals surface area contributed by atoms with Crippen molar-refractivity contribution in [3.05, 3.63) is 24.3 Å². The van der Waals surface area contributed by atoms with Crippen LogP contribution in [-0.4, -0.2) is 26.2 Å². The second-order valence-electron chi connectivity index (χ2n) is 4.80. The number of hydrogen-bond acceptors (Lipinski definition) is 4. The SMILES string of the molecule is COC(=O)CC1CCN(c2ccc(N)cc2)CC1. The van der Waals surface area contributed by atoms with Crippen LogP contribution in [0.15, 0.2) is 24.3 Å². The van der Waals surface area contributed by atoms with Gasteiger partial charge in [-0.15, -0.1) is 0 Å². The lowest BCUT2D eigenvalue weighted by Crippen LogP contribution is -2.34. The molecule has 0 amide bonds. The number of nitrogens with two attached hydrogens (primary N) is 1. The molecule has 1 aromatic carbocycles. The van der Waals surface area contributed by atoms with Gasteiger partial charge in [0.15, 0.2) is 0 Å². The number of piperidine rings is 1. The van der Waals surface area contributed by atoms with Crippen LogP contribution in [0.5, 0.6) is 0 Å². The third kappa shape index (κ3) is 3.15. The van der Waals surface area contributed by atoms with Gasteiger partial charge in [0.2, 0.25) is 0 Å². The molecule has 0 bridgehead atoms. The van der Waals surface area contributed by atoms with Gasteiger partial charge < -0.3 is 15.4 Å². The summed E-state index contributed by atoms with van der Waals surface area (Å²) in [5.41, 5.74) is 7.68. The summed E-state index contributed by atoms with van der Waals surface area (Å²) in [6.07, 6.45) is 2.63. The van der Waals surface area contributed by atoms with Crippen molar-refractivity contribution in [3.8, 4) is 0 Å². The third-order valence-electron chi connectivity index (χ3n) is 3.56. The molecule has 1 fully saturated rings. The Hall–Kier alpha value is -1.71. The summed E-state index contributed by atoms with van der Waals surface area (Å²) in [5, 5.41) is 0. The van der Waals surface area contributed by atoms with E-state index < -0.39 is 0 Å². The fourth-order valence-electron chi connectivity index (χ4n) is 2.40. The number of anilines is 2. The highest BCUT2D eigenvalue weighted by atomic mass is 16.5. The highest BCUT2D eigenvalue weighted by Gasteiger charge is 2.21. The number of carbonyl (C=O) groups is 1. The van der Waals surface area contributed by atoms with Crippen molar-refractivity contribution in [1.82, 2.24) is 0 Å². The van der Waals surface area contributed by atoms with E-state index in [2.05, 4.69) is 17.0 Å². The van der Waals surface area contributed by atoms with Gasteiger partial charge in [-0.25, -0.2) is 0 Å². The summed E-state index contributed by atoms with van der Waals surface area (Å²) < 4.78 is 4.71. The summed E-state index contributed by atoms with van der Waals surface area (Å²) in [6, 6.07) is 7.96. The van der Waals surface area contributed by atoms with Gasteiger partial charge in [-0.1, -0.05) is 0 Å². The monoisotopic (exact) mass is 248 g/mol. The highest BCUT2D eigenvalue weighted by molar-refractivity contribution is 5.69. The molecule has 18 heavy (non-hydrogen) atoms. The molecule has 0 atom stereocenters. The normalized spacial score (nSPS) is 16.6. The molecular formula is C14H20N2O2. The van der Waals surface area contributed by atoms with Crippen LogP contribution in [0.2, 0.25) is 0 Å². The molecule has 98 valence electrons. The van der Waals surface area contributed by atoms with Crippen molar-refractivity contribution in [3.63, 3.8) is 0 Å². The van der Waals surface area contributed by atoms with Crippen LogP contribution in [0.3, 0.4) is 0 Å². The fraction of sp³-hybridized carbons (Fsp3) is 0.500. The second-order valence-corrected chi connectivity index (χ2v) is 4.80. The van der Waals surface area contributed by atoms with Gasteiger partial charge >= 0.3 is 5.97 Å². The molecule has 2 N–H and O–H groups in total. The Balaban J connectivity index is 1.86. The smallest absolute Gasteiger partial charge is 0.305 e. The first-order valence-electron chi connectivity index (χ1n) is 6.36. The van der Waals surface area contributed by atoms with Gasteiger partial charge in [0.1, 0.15) is 0 Å². The molecule has 1 heterocycles. The van der Waals surface area contributed by atoms with Gasteiger partial charge in [0.25, 0.3) is 0 Å². The minimum atomic E-state index is -0.0964. The fourth-order valence-corrected chi connectivity index (χ4v) is 2.40. The van der Waals surface area contributed by atoms with Crippen LogP contribution in [0.4, 0.5) is 11.4 Å². The zero-order valence-corrected chi connectivity index (χ0v) is 10.8. The first kappa shape index (κ1) is 12.7. The van der Waals surface area contributed by atoms with E-state index in [-0.39, 0.29) is 5.97 Å². The quantitative estimate of drug-likeness (QED) is 0.657. The van der Waals surface area contributed by atoms with Crippen LogP contribution >= 0.6 is 0 Å². The number of esters is 1. The Morgan fingerprint density at radius 2 is 1.94 bits per heavy atom. The van der Waals surface area contributed by atoms with Crippen LogP contribution in [0.1, 0.15) is 19.3 Å². The number of benzene rings is 1. The summed E-state index contributed by atoms with van der Waals surface area (Å²) in [4.78, 5) is 13.6. The predicted octanol–water partition coefficient (Wildman–Crippen LogP) is 2.05. The summed E-state index contributed by atoms with van der Waals surface area (Å²) in [5.74, 6) is 0.364. The first-order valence-corrected chi connectivity index (χ1v) is 6.36. The van der Waals surface area contributed by atoms with E-state index in [1.807, 2.05) is 12.1 Å². The Kier molecular flexibility index (Phi) is 4.07. The number of methoxy groups -OCH3 is 1. The van der Waals surface area contributed by atoms with Gasteiger partial charge in [-0.05, 0) is 43.0 Å². The number of hydrogen-bond donors (Lipinski definition) is 1. The zero-order chi connectivity index (χ0) is 13.0. The van der Waals surface area contributed by atoms with E-state index in [4.69, 9.17) is 10.5 Å². The molecule has 0 aliphatic carbocycles. The number of rotatable bonds is 3. The van der Waals surface area contributed by atoms with Gasteiger partial charge in [0, 0.05) is 30.9 Å². The maximum Gasteiger partial charge on any atom is 0.305 e. The second kappa shape index (κ2) is 5.76. The van der Waals surface area contributed by atoms with E-state index in [1.54, 1.807) is 0 Å². The van der Waals surface area contributed by atoms with Gasteiger partial charge in [-0.3, -0.25) is 4.79 Å². The molecule has 2 rings (SSSR count). The summed E-state index contributed by atoms with van der Waals surface area (Å²) in [6.45, 7) is 1.98. The molecule has 0 spiro atoms. The zero-order valence-electron chi connectivity index (χ0n) is 10.8. The molecule has 0 saturated carbocycles. The van der Waals surface area contributed by atoms with E-state index in [0.717, 1.165) is 31.6 Å². The number of ether oxygens (including phenoxy) is 1.